The fourth-order valence-electron chi connectivity index (χ4n) is 2.25. The third-order valence-electron chi connectivity index (χ3n) is 3.62. The molecule has 0 unspecified atom stereocenters. The molecule has 0 atom stereocenters. The first kappa shape index (κ1) is 21.9. The first-order valence-electron chi connectivity index (χ1n) is 7.96. The highest BCUT2D eigenvalue weighted by molar-refractivity contribution is 6.34. The van der Waals surface area contributed by atoms with Gasteiger partial charge in [0.15, 0.2) is 5.69 Å². The maximum absolute atomic E-state index is 12.9. The van der Waals surface area contributed by atoms with Crippen molar-refractivity contribution in [1.29, 1.82) is 0 Å². The van der Waals surface area contributed by atoms with Crippen molar-refractivity contribution in [2.24, 2.45) is 7.05 Å². The van der Waals surface area contributed by atoms with Crippen LogP contribution in [0.25, 0.3) is 6.08 Å². The van der Waals surface area contributed by atoms with Crippen LogP contribution in [0.5, 0.6) is 5.75 Å². The van der Waals surface area contributed by atoms with Crippen molar-refractivity contribution in [3.8, 4) is 5.75 Å². The van der Waals surface area contributed by atoms with Crippen molar-refractivity contribution in [3.05, 3.63) is 52.3 Å². The highest BCUT2D eigenvalue weighted by Gasteiger charge is 2.40. The number of carbonyl (C=O) groups excluding carboxylic acids is 1. The number of benzene rings is 1. The first-order valence-corrected chi connectivity index (χ1v) is 8.34. The molecule has 0 bridgehead atoms. The fraction of sp³-hybridized carbons (Fsp3) is 0.333. The van der Waals surface area contributed by atoms with Crippen molar-refractivity contribution in [2.45, 2.75) is 19.0 Å². The minimum Gasteiger partial charge on any atom is -0.496 e. The van der Waals surface area contributed by atoms with E-state index in [2.05, 4.69) is 5.10 Å². The summed E-state index contributed by atoms with van der Waals surface area (Å²) in [6, 6.07) is 4.70. The lowest BCUT2D eigenvalue weighted by Gasteiger charge is -2.16. The third kappa shape index (κ3) is 5.56. The number of alkyl halides is 4. The molecule has 1 heterocycles. The number of hydrogen-bond acceptors (Lipinski definition) is 4. The summed E-state index contributed by atoms with van der Waals surface area (Å²) in [6.45, 7) is -1.79. The Kier molecular flexibility index (Phi) is 7.20. The Hall–Kier alpha value is -2.39. The zero-order valence-electron chi connectivity index (χ0n) is 15.0. The van der Waals surface area contributed by atoms with E-state index < -0.39 is 24.7 Å². The van der Waals surface area contributed by atoms with Gasteiger partial charge in [0, 0.05) is 18.8 Å². The monoisotopic (exact) mass is 420 g/mol. The van der Waals surface area contributed by atoms with Crippen molar-refractivity contribution in [2.75, 3.05) is 13.7 Å². The van der Waals surface area contributed by atoms with Crippen LogP contribution >= 0.6 is 11.6 Å². The van der Waals surface area contributed by atoms with E-state index in [4.69, 9.17) is 21.1 Å². The zero-order chi connectivity index (χ0) is 20.9. The molecule has 0 spiro atoms. The third-order valence-corrected chi connectivity index (χ3v) is 3.90. The lowest BCUT2D eigenvalue weighted by Crippen LogP contribution is -2.32. The van der Waals surface area contributed by atoms with Gasteiger partial charge < -0.3 is 9.47 Å². The van der Waals surface area contributed by atoms with Gasteiger partial charge in [0.05, 0.1) is 18.7 Å². The number of methoxy groups -OCH3 is 1. The molecular formula is C18H17ClF4N2O3. The van der Waals surface area contributed by atoms with E-state index in [1.807, 2.05) is 0 Å². The van der Waals surface area contributed by atoms with Crippen molar-refractivity contribution >= 4 is 23.5 Å². The number of halogens is 5. The number of rotatable bonds is 9. The van der Waals surface area contributed by atoms with Gasteiger partial charge in [-0.1, -0.05) is 23.7 Å². The van der Waals surface area contributed by atoms with Gasteiger partial charge in [-0.2, -0.15) is 13.9 Å². The molecule has 0 aliphatic heterocycles. The molecule has 5 nitrogen and oxygen atoms in total. The second-order valence-electron chi connectivity index (χ2n) is 5.82. The summed E-state index contributed by atoms with van der Waals surface area (Å²) < 4.78 is 61.5. The Morgan fingerprint density at radius 2 is 2.11 bits per heavy atom. The van der Waals surface area contributed by atoms with Crippen LogP contribution in [0.4, 0.5) is 17.6 Å². The van der Waals surface area contributed by atoms with E-state index in [0.717, 1.165) is 0 Å². The minimum absolute atomic E-state index is 0.0896. The molecule has 0 saturated heterocycles. The van der Waals surface area contributed by atoms with Gasteiger partial charge in [0.25, 0.3) is 0 Å². The lowest BCUT2D eigenvalue weighted by molar-refractivity contribution is -0.168. The Balaban J connectivity index is 2.11. The summed E-state index contributed by atoms with van der Waals surface area (Å²) in [4.78, 5) is 12.2. The fourth-order valence-corrected chi connectivity index (χ4v) is 2.52. The van der Waals surface area contributed by atoms with Crippen molar-refractivity contribution < 1.29 is 31.8 Å². The molecule has 0 amide bonds. The number of nitrogens with zero attached hydrogens (tertiary/aromatic N) is 2. The van der Waals surface area contributed by atoms with Crippen LogP contribution in [0.3, 0.4) is 0 Å². The largest absolute Gasteiger partial charge is 0.496 e. The SMILES string of the molecule is COc1ccc(/C=C/C(=O)c2nn(C)cc2Cl)cc1COCC(F)(F)C(F)F. The van der Waals surface area contributed by atoms with Crippen molar-refractivity contribution in [1.82, 2.24) is 9.78 Å². The lowest BCUT2D eigenvalue weighted by atomic mass is 10.1. The molecular weight excluding hydrogens is 404 g/mol. The number of ketones is 1. The Morgan fingerprint density at radius 1 is 1.39 bits per heavy atom. The van der Waals surface area contributed by atoms with E-state index in [9.17, 15) is 22.4 Å². The van der Waals surface area contributed by atoms with E-state index in [1.54, 1.807) is 19.2 Å². The van der Waals surface area contributed by atoms with Gasteiger partial charge in [-0.25, -0.2) is 8.78 Å². The molecule has 0 aliphatic carbocycles. The molecule has 0 N–H and O–H groups in total. The topological polar surface area (TPSA) is 53.3 Å². The maximum atomic E-state index is 12.9. The number of aryl methyl sites for hydroxylation is 1. The molecule has 10 heteroatoms. The zero-order valence-corrected chi connectivity index (χ0v) is 15.7. The average Bonchev–Trinajstić information content (AvgIpc) is 2.98. The van der Waals surface area contributed by atoms with Crippen LogP contribution < -0.4 is 4.74 Å². The minimum atomic E-state index is -4.24. The quantitative estimate of drug-likeness (QED) is 0.343. The summed E-state index contributed by atoms with van der Waals surface area (Å²) in [7, 11) is 2.99. The Bertz CT molecular complexity index is 869. The number of ether oxygens (including phenoxy) is 2. The van der Waals surface area contributed by atoms with Gasteiger partial charge in [-0.15, -0.1) is 0 Å². The normalized spacial score (nSPS) is 12.1. The second kappa shape index (κ2) is 9.20. The number of allylic oxidation sites excluding steroid dienone is 1. The van der Waals surface area contributed by atoms with E-state index >= 15 is 0 Å². The molecule has 0 fully saturated rings. The van der Waals surface area contributed by atoms with Crippen LogP contribution in [0.1, 0.15) is 21.6 Å². The van der Waals surface area contributed by atoms with Crippen LogP contribution in [-0.4, -0.2) is 41.6 Å². The molecule has 0 radical (unpaired) electrons. The van der Waals surface area contributed by atoms with Crippen molar-refractivity contribution in [3.63, 3.8) is 0 Å². The van der Waals surface area contributed by atoms with Gasteiger partial charge >= 0.3 is 12.3 Å². The van der Waals surface area contributed by atoms with Crippen LogP contribution in [-0.2, 0) is 18.4 Å². The van der Waals surface area contributed by atoms with Gasteiger partial charge in [0.1, 0.15) is 12.4 Å². The molecule has 0 aliphatic rings. The highest BCUT2D eigenvalue weighted by atomic mass is 35.5. The summed E-state index contributed by atoms with van der Waals surface area (Å²) in [5, 5.41) is 4.17. The van der Waals surface area contributed by atoms with Crippen LogP contribution in [0.2, 0.25) is 5.02 Å². The first-order chi connectivity index (χ1) is 13.1. The number of hydrogen-bond donors (Lipinski definition) is 0. The molecule has 2 rings (SSSR count). The Morgan fingerprint density at radius 3 is 2.68 bits per heavy atom. The standard InChI is InChI=1S/C18H17ClF4N2O3/c1-25-8-13(19)16(24-25)14(26)5-3-11-4-6-15(27-2)12(7-11)9-28-10-18(22,23)17(20)21/h3-8,17H,9-10H2,1-2H3/b5-3+. The van der Waals surface area contributed by atoms with Gasteiger partial charge in [-0.3, -0.25) is 9.48 Å². The van der Waals surface area contributed by atoms with Gasteiger partial charge in [-0.05, 0) is 23.8 Å². The van der Waals surface area contributed by atoms with E-state index in [-0.39, 0.29) is 17.3 Å². The average molecular weight is 421 g/mol. The predicted molar refractivity (Wildman–Crippen MR) is 95.2 cm³/mol. The summed E-state index contributed by atoms with van der Waals surface area (Å²) in [5.41, 5.74) is 0.991. The highest BCUT2D eigenvalue weighted by Crippen LogP contribution is 2.26. The number of carbonyl (C=O) groups is 1. The van der Waals surface area contributed by atoms with E-state index in [0.29, 0.717) is 16.9 Å². The molecule has 28 heavy (non-hydrogen) atoms. The number of aromatic nitrogens is 2. The molecule has 152 valence electrons. The summed E-state index contributed by atoms with van der Waals surface area (Å²) in [5.74, 6) is -4.33. The van der Waals surface area contributed by atoms with Crippen LogP contribution in [0, 0.1) is 0 Å². The Labute approximate surface area is 163 Å². The predicted octanol–water partition coefficient (Wildman–Crippen LogP) is 4.40. The van der Waals surface area contributed by atoms with Gasteiger partial charge in [0.2, 0.25) is 5.78 Å². The molecule has 1 aromatic carbocycles. The molecule has 0 saturated carbocycles. The van der Waals surface area contributed by atoms with Crippen LogP contribution in [0.15, 0.2) is 30.5 Å². The second-order valence-corrected chi connectivity index (χ2v) is 6.23. The molecule has 2 aromatic rings. The maximum Gasteiger partial charge on any atom is 0.330 e. The molecule has 1 aromatic heterocycles. The smallest absolute Gasteiger partial charge is 0.330 e. The summed E-state index contributed by atoms with van der Waals surface area (Å²) in [6.07, 6.45) is 0.407. The van der Waals surface area contributed by atoms with E-state index in [1.165, 1.54) is 36.2 Å². The summed E-state index contributed by atoms with van der Waals surface area (Å²) >= 11 is 5.92.